The van der Waals surface area contributed by atoms with Crippen LogP contribution in [-0.2, 0) is 0 Å². The number of nitrogens with zero attached hydrogens (tertiary/aromatic N) is 1. The Morgan fingerprint density at radius 2 is 1.65 bits per heavy atom. The lowest BCUT2D eigenvalue weighted by molar-refractivity contribution is 0.183. The molecule has 0 saturated carbocycles. The molecular weight excluding hydrogens is 256 g/mol. The summed E-state index contributed by atoms with van der Waals surface area (Å²) >= 11 is 0. The van der Waals surface area contributed by atoms with Crippen LogP contribution in [0.3, 0.4) is 0 Å². The summed E-state index contributed by atoms with van der Waals surface area (Å²) in [5.74, 6) is 1.91. The second kappa shape index (κ2) is 7.24. The predicted molar refractivity (Wildman–Crippen MR) is 79.7 cm³/mol. The number of piperidine rings is 1. The number of nitrogens with two attached hydrogens (primary N) is 1. The lowest BCUT2D eigenvalue weighted by Crippen LogP contribution is -2.33. The van der Waals surface area contributed by atoms with Crippen molar-refractivity contribution >= 4 is 5.69 Å². The first-order chi connectivity index (χ1) is 9.74. The second-order valence-corrected chi connectivity index (χ2v) is 5.00. The highest BCUT2D eigenvalue weighted by Crippen LogP contribution is 2.36. The van der Waals surface area contributed by atoms with Gasteiger partial charge in [0.15, 0.2) is 11.5 Å². The van der Waals surface area contributed by atoms with Crippen LogP contribution in [0.15, 0.2) is 12.1 Å². The number of ether oxygens (including phenoxy) is 3. The molecule has 112 valence electrons. The van der Waals surface area contributed by atoms with Crippen LogP contribution < -0.4 is 19.9 Å². The van der Waals surface area contributed by atoms with Crippen molar-refractivity contribution in [2.75, 3.05) is 46.2 Å². The predicted octanol–water partition coefficient (Wildman–Crippen LogP) is 2.15. The molecule has 1 aliphatic heterocycles. The fourth-order valence-corrected chi connectivity index (χ4v) is 2.47. The van der Waals surface area contributed by atoms with Crippen LogP contribution in [0.25, 0.3) is 0 Å². The number of rotatable bonds is 6. The van der Waals surface area contributed by atoms with Crippen LogP contribution in [0.2, 0.25) is 0 Å². The Kier molecular flexibility index (Phi) is 5.35. The minimum atomic E-state index is 0.571. The number of nitrogen functional groups attached to an aromatic ring is 1. The third-order valence-corrected chi connectivity index (χ3v) is 3.63. The average molecular weight is 280 g/mol. The quantitative estimate of drug-likeness (QED) is 0.809. The number of benzene rings is 1. The molecule has 0 aliphatic carbocycles. The molecule has 5 heteroatoms. The number of likely N-dealkylation sites (tertiary alicyclic amines) is 1. The van der Waals surface area contributed by atoms with Crippen molar-refractivity contribution in [3.63, 3.8) is 0 Å². The smallest absolute Gasteiger partial charge is 0.164 e. The maximum atomic E-state index is 5.97. The number of methoxy groups -OCH3 is 2. The molecular formula is C15H24N2O3. The second-order valence-electron chi connectivity index (χ2n) is 5.00. The highest BCUT2D eigenvalue weighted by atomic mass is 16.5. The van der Waals surface area contributed by atoms with Crippen LogP contribution in [0, 0.1) is 0 Å². The van der Waals surface area contributed by atoms with Crippen molar-refractivity contribution in [3.8, 4) is 17.2 Å². The van der Waals surface area contributed by atoms with E-state index < -0.39 is 0 Å². The van der Waals surface area contributed by atoms with Crippen molar-refractivity contribution in [2.45, 2.75) is 19.3 Å². The number of hydrogen-bond donors (Lipinski definition) is 1. The zero-order valence-electron chi connectivity index (χ0n) is 12.4. The standard InChI is InChI=1S/C15H24N2O3/c1-18-14-10-12(16)13(11-15(14)19-2)20-9-8-17-6-4-3-5-7-17/h10-11H,3-9,16H2,1-2H3. The van der Waals surface area contributed by atoms with Crippen LogP contribution in [0.5, 0.6) is 17.2 Å². The fourth-order valence-electron chi connectivity index (χ4n) is 2.47. The van der Waals surface area contributed by atoms with E-state index >= 15 is 0 Å². The molecule has 1 aliphatic rings. The summed E-state index contributed by atoms with van der Waals surface area (Å²) in [4.78, 5) is 2.43. The summed E-state index contributed by atoms with van der Waals surface area (Å²) in [5, 5.41) is 0. The van der Waals surface area contributed by atoms with Crippen molar-refractivity contribution in [1.82, 2.24) is 4.90 Å². The molecule has 2 N–H and O–H groups in total. The van der Waals surface area contributed by atoms with Crippen molar-refractivity contribution < 1.29 is 14.2 Å². The van der Waals surface area contributed by atoms with Gasteiger partial charge in [0, 0.05) is 18.7 Å². The SMILES string of the molecule is COc1cc(N)c(OCCN2CCCCC2)cc1OC. The summed E-state index contributed by atoms with van der Waals surface area (Å²) in [6, 6.07) is 3.51. The van der Waals surface area contributed by atoms with Gasteiger partial charge in [-0.1, -0.05) is 6.42 Å². The molecule has 5 nitrogen and oxygen atoms in total. The van der Waals surface area contributed by atoms with E-state index in [1.165, 1.54) is 32.4 Å². The zero-order valence-corrected chi connectivity index (χ0v) is 12.4. The molecule has 0 atom stereocenters. The van der Waals surface area contributed by atoms with E-state index in [1.807, 2.05) is 0 Å². The summed E-state index contributed by atoms with van der Waals surface area (Å²) in [7, 11) is 3.19. The van der Waals surface area contributed by atoms with Crippen LogP contribution in [-0.4, -0.2) is 45.4 Å². The maximum Gasteiger partial charge on any atom is 0.164 e. The van der Waals surface area contributed by atoms with Gasteiger partial charge in [0.2, 0.25) is 0 Å². The van der Waals surface area contributed by atoms with Gasteiger partial charge in [-0.3, -0.25) is 4.90 Å². The molecule has 20 heavy (non-hydrogen) atoms. The first-order valence-electron chi connectivity index (χ1n) is 7.11. The van der Waals surface area contributed by atoms with Crippen molar-refractivity contribution in [2.24, 2.45) is 0 Å². The lowest BCUT2D eigenvalue weighted by Gasteiger charge is -2.26. The van der Waals surface area contributed by atoms with E-state index in [9.17, 15) is 0 Å². The number of anilines is 1. The first kappa shape index (κ1) is 14.8. The topological polar surface area (TPSA) is 57.0 Å². The summed E-state index contributed by atoms with van der Waals surface area (Å²) in [6.45, 7) is 3.92. The summed E-state index contributed by atoms with van der Waals surface area (Å²) in [6.07, 6.45) is 3.93. The Morgan fingerprint density at radius 3 is 2.30 bits per heavy atom. The lowest BCUT2D eigenvalue weighted by atomic mass is 10.1. The molecule has 1 aromatic carbocycles. The molecule has 1 fully saturated rings. The Labute approximate surface area is 120 Å². The van der Waals surface area contributed by atoms with Crippen molar-refractivity contribution in [3.05, 3.63) is 12.1 Å². The average Bonchev–Trinajstić information content (AvgIpc) is 2.49. The van der Waals surface area contributed by atoms with E-state index in [0.717, 1.165) is 6.54 Å². The van der Waals surface area contributed by atoms with Gasteiger partial charge in [-0.25, -0.2) is 0 Å². The minimum Gasteiger partial charge on any atom is -0.493 e. The van der Waals surface area contributed by atoms with Crippen LogP contribution in [0.4, 0.5) is 5.69 Å². The van der Waals surface area contributed by atoms with Crippen molar-refractivity contribution in [1.29, 1.82) is 0 Å². The Morgan fingerprint density at radius 1 is 1.00 bits per heavy atom. The van der Waals surface area contributed by atoms with Gasteiger partial charge < -0.3 is 19.9 Å². The van der Waals surface area contributed by atoms with E-state index in [1.54, 1.807) is 26.4 Å². The Balaban J connectivity index is 1.91. The van der Waals surface area contributed by atoms with Gasteiger partial charge in [-0.2, -0.15) is 0 Å². The zero-order chi connectivity index (χ0) is 14.4. The highest BCUT2D eigenvalue weighted by Gasteiger charge is 2.12. The van der Waals surface area contributed by atoms with Gasteiger partial charge in [0.1, 0.15) is 12.4 Å². The molecule has 1 heterocycles. The van der Waals surface area contributed by atoms with Gasteiger partial charge in [0.05, 0.1) is 19.9 Å². The van der Waals surface area contributed by atoms with Crippen LogP contribution in [0.1, 0.15) is 19.3 Å². The van der Waals surface area contributed by atoms with Gasteiger partial charge in [-0.15, -0.1) is 0 Å². The normalized spacial score (nSPS) is 15.9. The third-order valence-electron chi connectivity index (χ3n) is 3.63. The third kappa shape index (κ3) is 3.70. The fraction of sp³-hybridized carbons (Fsp3) is 0.600. The van der Waals surface area contributed by atoms with E-state index in [-0.39, 0.29) is 0 Å². The maximum absolute atomic E-state index is 5.97. The molecule has 0 spiro atoms. The molecule has 0 amide bonds. The number of hydrogen-bond acceptors (Lipinski definition) is 5. The molecule has 0 radical (unpaired) electrons. The van der Waals surface area contributed by atoms with Crippen LogP contribution >= 0.6 is 0 Å². The largest absolute Gasteiger partial charge is 0.493 e. The molecule has 1 saturated heterocycles. The van der Waals surface area contributed by atoms with Gasteiger partial charge in [0.25, 0.3) is 0 Å². The van der Waals surface area contributed by atoms with Gasteiger partial charge >= 0.3 is 0 Å². The molecule has 0 unspecified atom stereocenters. The molecule has 2 rings (SSSR count). The van der Waals surface area contributed by atoms with Gasteiger partial charge in [-0.05, 0) is 25.9 Å². The molecule has 0 bridgehead atoms. The molecule has 1 aromatic rings. The van der Waals surface area contributed by atoms with E-state index in [2.05, 4.69) is 4.90 Å². The van der Waals surface area contributed by atoms with E-state index in [0.29, 0.717) is 29.5 Å². The first-order valence-corrected chi connectivity index (χ1v) is 7.11. The Bertz CT molecular complexity index is 431. The Hall–Kier alpha value is -1.62. The summed E-state index contributed by atoms with van der Waals surface area (Å²) in [5.41, 5.74) is 6.54. The summed E-state index contributed by atoms with van der Waals surface area (Å²) < 4.78 is 16.2. The molecule has 0 aromatic heterocycles. The monoisotopic (exact) mass is 280 g/mol. The highest BCUT2D eigenvalue weighted by molar-refractivity contribution is 5.61. The minimum absolute atomic E-state index is 0.571. The van der Waals surface area contributed by atoms with E-state index in [4.69, 9.17) is 19.9 Å².